The Balaban J connectivity index is 1.51. The molecule has 5 rings (SSSR count). The fourth-order valence-electron chi connectivity index (χ4n) is 4.54. The number of aromatic amines is 1. The molecule has 2 aliphatic rings. The van der Waals surface area contributed by atoms with Crippen LogP contribution in [0.15, 0.2) is 43.1 Å². The second kappa shape index (κ2) is 7.45. The van der Waals surface area contributed by atoms with E-state index in [0.29, 0.717) is 24.7 Å². The van der Waals surface area contributed by atoms with Crippen LogP contribution in [0, 0.1) is 6.92 Å². The summed E-state index contributed by atoms with van der Waals surface area (Å²) in [5.74, 6) is 0.713. The highest BCUT2D eigenvalue weighted by Crippen LogP contribution is 2.43. The largest absolute Gasteiger partial charge is 0.490 e. The molecular formula is C23H23ClN4O2. The molecule has 1 aromatic heterocycles. The molecule has 3 aromatic rings. The zero-order chi connectivity index (χ0) is 20.8. The van der Waals surface area contributed by atoms with Crippen LogP contribution in [0.5, 0.6) is 5.75 Å². The molecule has 1 saturated heterocycles. The van der Waals surface area contributed by atoms with Gasteiger partial charge in [0.2, 0.25) is 5.91 Å². The molecule has 2 aromatic carbocycles. The van der Waals surface area contributed by atoms with Gasteiger partial charge in [0, 0.05) is 42.7 Å². The molecule has 6 nitrogen and oxygen atoms in total. The number of ether oxygens (including phenoxy) is 1. The van der Waals surface area contributed by atoms with Crippen molar-refractivity contribution in [3.05, 3.63) is 59.3 Å². The first-order chi connectivity index (χ1) is 14.6. The molecule has 0 bridgehead atoms. The molecule has 1 fully saturated rings. The van der Waals surface area contributed by atoms with E-state index < -0.39 is 0 Å². The Morgan fingerprint density at radius 2 is 2.20 bits per heavy atom. The summed E-state index contributed by atoms with van der Waals surface area (Å²) in [7, 11) is 0. The summed E-state index contributed by atoms with van der Waals surface area (Å²) in [5.41, 5.74) is 5.21. The van der Waals surface area contributed by atoms with E-state index in [1.807, 2.05) is 17.2 Å². The summed E-state index contributed by atoms with van der Waals surface area (Å²) in [5, 5.41) is 8.89. The van der Waals surface area contributed by atoms with Crippen LogP contribution in [-0.4, -0.2) is 58.2 Å². The van der Waals surface area contributed by atoms with Gasteiger partial charge < -0.3 is 9.64 Å². The number of H-pyrrole nitrogens is 1. The Morgan fingerprint density at radius 1 is 1.33 bits per heavy atom. The number of benzene rings is 2. The van der Waals surface area contributed by atoms with Crippen molar-refractivity contribution in [2.24, 2.45) is 0 Å². The van der Waals surface area contributed by atoms with Crippen molar-refractivity contribution in [3.8, 4) is 16.9 Å². The first kappa shape index (κ1) is 19.2. The maximum Gasteiger partial charge on any atom is 0.246 e. The van der Waals surface area contributed by atoms with E-state index in [-0.39, 0.29) is 11.9 Å². The van der Waals surface area contributed by atoms with Crippen LogP contribution in [0.2, 0.25) is 5.02 Å². The number of aromatic nitrogens is 2. The van der Waals surface area contributed by atoms with Crippen molar-refractivity contribution >= 4 is 28.4 Å². The highest BCUT2D eigenvalue weighted by atomic mass is 35.5. The number of rotatable bonds is 2. The molecule has 0 spiro atoms. The minimum atomic E-state index is -0.0274. The third-order valence-electron chi connectivity index (χ3n) is 6.16. The number of halogens is 1. The van der Waals surface area contributed by atoms with Gasteiger partial charge in [0.25, 0.3) is 0 Å². The van der Waals surface area contributed by atoms with E-state index in [1.165, 1.54) is 6.08 Å². The van der Waals surface area contributed by atoms with Crippen LogP contribution >= 0.6 is 11.6 Å². The normalized spacial score (nSPS) is 19.0. The molecule has 3 heterocycles. The number of carbonyl (C=O) groups is 1. The Bertz CT molecular complexity index is 1160. The minimum absolute atomic E-state index is 0.0274. The van der Waals surface area contributed by atoms with Gasteiger partial charge >= 0.3 is 0 Å². The number of nitrogens with zero attached hydrogens (tertiary/aromatic N) is 3. The number of amides is 1. The first-order valence-electron chi connectivity index (χ1n) is 10.1. The van der Waals surface area contributed by atoms with E-state index in [1.54, 1.807) is 0 Å². The quantitative estimate of drug-likeness (QED) is 0.638. The molecule has 154 valence electrons. The standard InChI is InChI=1S/C23H23ClN4O2/c1-3-20(29)28-9-8-27-11-15-5-6-17(22(24)23(15)30-13-16(27)12-28)21-14(2)4-7-19-18(21)10-25-26-19/h3-7,10,16H,1,8-9,11-13H2,2H3,(H,25,26). The average Bonchev–Trinajstić information content (AvgIpc) is 3.14. The maximum absolute atomic E-state index is 12.0. The highest BCUT2D eigenvalue weighted by molar-refractivity contribution is 6.35. The number of carbonyl (C=O) groups excluding carboxylic acids is 1. The Kier molecular flexibility index (Phi) is 4.76. The predicted octanol–water partition coefficient (Wildman–Crippen LogP) is 3.78. The minimum Gasteiger partial charge on any atom is -0.490 e. The smallest absolute Gasteiger partial charge is 0.246 e. The van der Waals surface area contributed by atoms with Crippen LogP contribution in [-0.2, 0) is 11.3 Å². The van der Waals surface area contributed by atoms with Gasteiger partial charge in [-0.25, -0.2) is 0 Å². The summed E-state index contributed by atoms with van der Waals surface area (Å²) in [6, 6.07) is 8.43. The van der Waals surface area contributed by atoms with Crippen molar-refractivity contribution in [2.45, 2.75) is 19.5 Å². The fraction of sp³-hybridized carbons (Fsp3) is 0.304. The van der Waals surface area contributed by atoms with Gasteiger partial charge in [0.15, 0.2) is 0 Å². The number of hydrogen-bond donors (Lipinski definition) is 1. The SMILES string of the molecule is C=CC(=O)N1CCN2Cc3ccc(-c4c(C)ccc5[nH]ncc45)c(Cl)c3OCC2C1. The summed E-state index contributed by atoms with van der Waals surface area (Å²) < 4.78 is 6.25. The highest BCUT2D eigenvalue weighted by Gasteiger charge is 2.33. The second-order valence-electron chi connectivity index (χ2n) is 7.93. The number of hydrogen-bond acceptors (Lipinski definition) is 4. The van der Waals surface area contributed by atoms with Crippen LogP contribution in [0.1, 0.15) is 11.1 Å². The summed E-state index contributed by atoms with van der Waals surface area (Å²) in [4.78, 5) is 16.2. The molecule has 1 unspecified atom stereocenters. The van der Waals surface area contributed by atoms with E-state index in [2.05, 4.69) is 46.8 Å². The molecule has 30 heavy (non-hydrogen) atoms. The zero-order valence-electron chi connectivity index (χ0n) is 16.8. The average molecular weight is 423 g/mol. The Labute approximate surface area is 180 Å². The molecule has 1 amide bonds. The lowest BCUT2D eigenvalue weighted by Crippen LogP contribution is -2.55. The Morgan fingerprint density at radius 3 is 3.03 bits per heavy atom. The van der Waals surface area contributed by atoms with E-state index in [0.717, 1.165) is 52.0 Å². The monoisotopic (exact) mass is 422 g/mol. The topological polar surface area (TPSA) is 61.5 Å². The molecule has 0 saturated carbocycles. The molecule has 7 heteroatoms. The third-order valence-corrected chi connectivity index (χ3v) is 6.54. The third kappa shape index (κ3) is 3.07. The predicted molar refractivity (Wildman–Crippen MR) is 118 cm³/mol. The van der Waals surface area contributed by atoms with Gasteiger partial charge in [-0.2, -0.15) is 5.10 Å². The van der Waals surface area contributed by atoms with Gasteiger partial charge in [0.1, 0.15) is 12.4 Å². The molecule has 2 aliphatic heterocycles. The van der Waals surface area contributed by atoms with Gasteiger partial charge in [-0.15, -0.1) is 0 Å². The van der Waals surface area contributed by atoms with Crippen molar-refractivity contribution in [1.29, 1.82) is 0 Å². The van der Waals surface area contributed by atoms with Crippen LogP contribution < -0.4 is 4.74 Å². The summed E-state index contributed by atoms with van der Waals surface area (Å²) >= 11 is 6.92. The molecule has 1 atom stereocenters. The summed E-state index contributed by atoms with van der Waals surface area (Å²) in [6.07, 6.45) is 3.22. The van der Waals surface area contributed by atoms with Crippen molar-refractivity contribution in [2.75, 3.05) is 26.2 Å². The summed E-state index contributed by atoms with van der Waals surface area (Å²) in [6.45, 7) is 9.07. The van der Waals surface area contributed by atoms with Crippen LogP contribution in [0.3, 0.4) is 0 Å². The van der Waals surface area contributed by atoms with E-state index in [4.69, 9.17) is 16.3 Å². The van der Waals surface area contributed by atoms with Crippen LogP contribution in [0.4, 0.5) is 0 Å². The van der Waals surface area contributed by atoms with Gasteiger partial charge in [-0.05, 0) is 30.2 Å². The van der Waals surface area contributed by atoms with Crippen molar-refractivity contribution in [3.63, 3.8) is 0 Å². The van der Waals surface area contributed by atoms with Gasteiger partial charge in [0.05, 0.1) is 22.8 Å². The van der Waals surface area contributed by atoms with E-state index >= 15 is 0 Å². The van der Waals surface area contributed by atoms with Gasteiger partial charge in [-0.1, -0.05) is 36.4 Å². The number of aryl methyl sites for hydroxylation is 1. The van der Waals surface area contributed by atoms with E-state index in [9.17, 15) is 4.79 Å². The molecule has 0 radical (unpaired) electrons. The fourth-order valence-corrected chi connectivity index (χ4v) is 4.87. The van der Waals surface area contributed by atoms with Crippen LogP contribution in [0.25, 0.3) is 22.0 Å². The van der Waals surface area contributed by atoms with Gasteiger partial charge in [-0.3, -0.25) is 14.8 Å². The lowest BCUT2D eigenvalue weighted by Gasteiger charge is -2.39. The maximum atomic E-state index is 12.0. The molecule has 0 aliphatic carbocycles. The first-order valence-corrected chi connectivity index (χ1v) is 10.5. The molecular weight excluding hydrogens is 400 g/mol. The van der Waals surface area contributed by atoms with Crippen molar-refractivity contribution in [1.82, 2.24) is 20.0 Å². The zero-order valence-corrected chi connectivity index (χ0v) is 17.6. The number of nitrogens with one attached hydrogen (secondary N) is 1. The lowest BCUT2D eigenvalue weighted by atomic mass is 9.95. The number of piperazine rings is 1. The lowest BCUT2D eigenvalue weighted by molar-refractivity contribution is -0.129. The second-order valence-corrected chi connectivity index (χ2v) is 8.31. The number of fused-ring (bicyclic) bond motifs is 3. The van der Waals surface area contributed by atoms with Crippen molar-refractivity contribution < 1.29 is 9.53 Å². The Hall–Kier alpha value is -2.83. The molecule has 1 N–H and O–H groups in total.